The largest absolute Gasteiger partial charge is 0.489 e. The lowest BCUT2D eigenvalue weighted by Crippen LogP contribution is -2.39. The average Bonchev–Trinajstić information content (AvgIpc) is 2.72. The lowest BCUT2D eigenvalue weighted by Gasteiger charge is -2.22. The van der Waals surface area contributed by atoms with Crippen molar-refractivity contribution in [2.45, 2.75) is 25.7 Å². The molecule has 0 radical (unpaired) electrons. The van der Waals surface area contributed by atoms with Gasteiger partial charge in [0.15, 0.2) is 11.5 Å². The van der Waals surface area contributed by atoms with Gasteiger partial charge in [-0.05, 0) is 25.1 Å². The first-order valence-electron chi connectivity index (χ1n) is 7.54. The highest BCUT2D eigenvalue weighted by Crippen LogP contribution is 2.27. The lowest BCUT2D eigenvalue weighted by molar-refractivity contribution is -0.141. The molecule has 1 atom stereocenters. The Balaban J connectivity index is 1.72. The summed E-state index contributed by atoms with van der Waals surface area (Å²) < 4.78 is 43.2. The second kappa shape index (κ2) is 6.58. The van der Waals surface area contributed by atoms with Crippen LogP contribution in [0.25, 0.3) is 0 Å². The van der Waals surface area contributed by atoms with Crippen LogP contribution in [0.15, 0.2) is 36.4 Å². The number of amides is 2. The fourth-order valence-electron chi connectivity index (χ4n) is 2.48. The van der Waals surface area contributed by atoms with Crippen molar-refractivity contribution in [1.29, 1.82) is 0 Å². The van der Waals surface area contributed by atoms with Crippen LogP contribution in [0, 0.1) is 0 Å². The van der Waals surface area contributed by atoms with Crippen molar-refractivity contribution in [1.82, 2.24) is 15.1 Å². The third-order valence-corrected chi connectivity index (χ3v) is 3.62. The van der Waals surface area contributed by atoms with E-state index in [1.807, 2.05) is 31.2 Å². The molecule has 1 aromatic carbocycles. The molecule has 2 heterocycles. The van der Waals surface area contributed by atoms with Crippen molar-refractivity contribution in [2.24, 2.45) is 0 Å². The Hall–Kier alpha value is -2.84. The first-order chi connectivity index (χ1) is 11.8. The number of alkyl halides is 3. The number of halogens is 3. The molecule has 0 bridgehead atoms. The summed E-state index contributed by atoms with van der Waals surface area (Å²) in [5.41, 5.74) is -0.267. The van der Waals surface area contributed by atoms with Crippen LogP contribution in [0.5, 0.6) is 5.75 Å². The molecule has 0 aliphatic carbocycles. The van der Waals surface area contributed by atoms with Crippen LogP contribution in [0.2, 0.25) is 0 Å². The van der Waals surface area contributed by atoms with Gasteiger partial charge >= 0.3 is 12.2 Å². The third kappa shape index (κ3) is 3.98. The molecule has 0 spiro atoms. The Labute approximate surface area is 141 Å². The minimum atomic E-state index is -4.57. The van der Waals surface area contributed by atoms with Crippen LogP contribution >= 0.6 is 0 Å². The number of benzene rings is 1. The first kappa shape index (κ1) is 17.0. The Bertz CT molecular complexity index is 765. The summed E-state index contributed by atoms with van der Waals surface area (Å²) in [6.07, 6.45) is -4.80. The SMILES string of the molecule is CC1CN(C(=O)Nc2ccc(C(F)(F)F)nn2)Cc2ccccc2O1. The minimum Gasteiger partial charge on any atom is -0.489 e. The second-order valence-corrected chi connectivity index (χ2v) is 5.65. The summed E-state index contributed by atoms with van der Waals surface area (Å²) in [5.74, 6) is 0.656. The first-order valence-corrected chi connectivity index (χ1v) is 7.54. The Morgan fingerprint density at radius 1 is 1.24 bits per heavy atom. The fourth-order valence-corrected chi connectivity index (χ4v) is 2.48. The summed E-state index contributed by atoms with van der Waals surface area (Å²) in [5, 5.41) is 8.95. The van der Waals surface area contributed by atoms with Crippen LogP contribution in [-0.2, 0) is 12.7 Å². The highest BCUT2D eigenvalue weighted by Gasteiger charge is 2.33. The van der Waals surface area contributed by atoms with Gasteiger partial charge < -0.3 is 9.64 Å². The summed E-state index contributed by atoms with van der Waals surface area (Å²) in [6.45, 7) is 2.48. The topological polar surface area (TPSA) is 67.4 Å². The van der Waals surface area contributed by atoms with Crippen LogP contribution in [0.3, 0.4) is 0 Å². The van der Waals surface area contributed by atoms with E-state index in [0.717, 1.165) is 17.7 Å². The summed E-state index contributed by atoms with van der Waals surface area (Å²) >= 11 is 0. The number of ether oxygens (including phenoxy) is 1. The molecule has 2 aromatic rings. The quantitative estimate of drug-likeness (QED) is 0.855. The van der Waals surface area contributed by atoms with Gasteiger partial charge in [0.1, 0.15) is 11.9 Å². The normalized spacial score (nSPS) is 17.3. The van der Waals surface area contributed by atoms with E-state index in [2.05, 4.69) is 15.5 Å². The van der Waals surface area contributed by atoms with E-state index in [-0.39, 0.29) is 11.9 Å². The van der Waals surface area contributed by atoms with Gasteiger partial charge in [-0.1, -0.05) is 18.2 Å². The molecule has 3 rings (SSSR count). The number of hydrogen-bond acceptors (Lipinski definition) is 4. The highest BCUT2D eigenvalue weighted by molar-refractivity contribution is 5.88. The molecule has 1 aromatic heterocycles. The number of rotatable bonds is 1. The van der Waals surface area contributed by atoms with E-state index in [4.69, 9.17) is 4.74 Å². The molecular weight excluding hydrogens is 337 g/mol. The molecule has 132 valence electrons. The number of nitrogens with zero attached hydrogens (tertiary/aromatic N) is 3. The standard InChI is InChI=1S/C16H15F3N4O2/c1-10-8-23(9-11-4-2-3-5-12(11)25-10)15(24)20-14-7-6-13(21-22-14)16(17,18)19/h2-7,10H,8-9H2,1H3,(H,20,22,24). The molecule has 1 aliphatic rings. The van der Waals surface area contributed by atoms with Gasteiger partial charge in [0.05, 0.1) is 13.1 Å². The number of fused-ring (bicyclic) bond motifs is 1. The number of hydrogen-bond donors (Lipinski definition) is 1. The zero-order valence-corrected chi connectivity index (χ0v) is 13.2. The molecule has 2 amide bonds. The van der Waals surface area contributed by atoms with Gasteiger partial charge in [0.25, 0.3) is 0 Å². The number of urea groups is 1. The molecule has 0 saturated carbocycles. The van der Waals surface area contributed by atoms with Crippen molar-refractivity contribution in [3.63, 3.8) is 0 Å². The highest BCUT2D eigenvalue weighted by atomic mass is 19.4. The zero-order valence-electron chi connectivity index (χ0n) is 13.2. The van der Waals surface area contributed by atoms with E-state index in [1.165, 1.54) is 4.90 Å². The molecule has 9 heteroatoms. The maximum absolute atomic E-state index is 12.5. The van der Waals surface area contributed by atoms with Gasteiger partial charge in [-0.25, -0.2) is 4.79 Å². The van der Waals surface area contributed by atoms with E-state index >= 15 is 0 Å². The van der Waals surface area contributed by atoms with Crippen molar-refractivity contribution in [3.8, 4) is 5.75 Å². The lowest BCUT2D eigenvalue weighted by atomic mass is 10.2. The molecule has 1 aliphatic heterocycles. The second-order valence-electron chi connectivity index (χ2n) is 5.65. The van der Waals surface area contributed by atoms with Gasteiger partial charge in [-0.3, -0.25) is 5.32 Å². The smallest absolute Gasteiger partial charge is 0.435 e. The van der Waals surface area contributed by atoms with Crippen LogP contribution in [-0.4, -0.2) is 33.8 Å². The summed E-state index contributed by atoms with van der Waals surface area (Å²) in [6, 6.07) is 8.72. The van der Waals surface area contributed by atoms with Crippen molar-refractivity contribution in [2.75, 3.05) is 11.9 Å². The predicted molar refractivity (Wildman–Crippen MR) is 83.0 cm³/mol. The van der Waals surface area contributed by atoms with Gasteiger partial charge in [0, 0.05) is 5.56 Å². The van der Waals surface area contributed by atoms with Crippen LogP contribution < -0.4 is 10.1 Å². The van der Waals surface area contributed by atoms with Crippen molar-refractivity contribution in [3.05, 3.63) is 47.7 Å². The Morgan fingerprint density at radius 3 is 2.68 bits per heavy atom. The number of para-hydroxylation sites is 1. The number of carbonyl (C=O) groups excluding carboxylic acids is 1. The maximum atomic E-state index is 12.5. The summed E-state index contributed by atoms with van der Waals surface area (Å²) in [7, 11) is 0. The molecular formula is C16H15F3N4O2. The molecule has 1 unspecified atom stereocenters. The zero-order chi connectivity index (χ0) is 18.0. The fraction of sp³-hybridized carbons (Fsp3) is 0.312. The number of carbonyl (C=O) groups is 1. The van der Waals surface area contributed by atoms with Gasteiger partial charge in [-0.2, -0.15) is 13.2 Å². The maximum Gasteiger partial charge on any atom is 0.435 e. The number of anilines is 1. The summed E-state index contributed by atoms with van der Waals surface area (Å²) in [4.78, 5) is 13.9. The number of aromatic nitrogens is 2. The third-order valence-electron chi connectivity index (χ3n) is 3.62. The molecule has 0 fully saturated rings. The van der Waals surface area contributed by atoms with Crippen LogP contribution in [0.4, 0.5) is 23.8 Å². The molecule has 25 heavy (non-hydrogen) atoms. The average molecular weight is 352 g/mol. The molecule has 0 saturated heterocycles. The van der Waals surface area contributed by atoms with Gasteiger partial charge in [0.2, 0.25) is 0 Å². The van der Waals surface area contributed by atoms with E-state index in [9.17, 15) is 18.0 Å². The Kier molecular flexibility index (Phi) is 4.47. The van der Waals surface area contributed by atoms with Crippen LogP contribution in [0.1, 0.15) is 18.2 Å². The van der Waals surface area contributed by atoms with Crippen molar-refractivity contribution < 1.29 is 22.7 Å². The van der Waals surface area contributed by atoms with Gasteiger partial charge in [-0.15, -0.1) is 10.2 Å². The van der Waals surface area contributed by atoms with E-state index in [0.29, 0.717) is 18.8 Å². The number of nitrogens with one attached hydrogen (secondary N) is 1. The molecule has 1 N–H and O–H groups in total. The van der Waals surface area contributed by atoms with Crippen molar-refractivity contribution >= 4 is 11.8 Å². The Morgan fingerprint density at radius 2 is 2.00 bits per heavy atom. The molecule has 6 nitrogen and oxygen atoms in total. The minimum absolute atomic E-state index is 0.0518. The predicted octanol–water partition coefficient (Wildman–Crippen LogP) is 3.31. The van der Waals surface area contributed by atoms with E-state index < -0.39 is 17.9 Å². The van der Waals surface area contributed by atoms with E-state index in [1.54, 1.807) is 0 Å². The monoisotopic (exact) mass is 352 g/mol.